The molecule has 2 heterocycles. The molecular formula is C28H32FN5O6. The number of amides is 4. The second-order valence-electron chi connectivity index (χ2n) is 10.4. The molecule has 2 atom stereocenters. The molecule has 0 unspecified atom stereocenters. The fourth-order valence-electron chi connectivity index (χ4n) is 4.95. The number of likely N-dealkylation sites (tertiary alicyclic amines) is 1. The lowest BCUT2D eigenvalue weighted by Gasteiger charge is -2.40. The summed E-state index contributed by atoms with van der Waals surface area (Å²) >= 11 is 0. The number of nitrogens with two attached hydrogens (primary N) is 1. The zero-order valence-corrected chi connectivity index (χ0v) is 22.6. The molecule has 11 nitrogen and oxygen atoms in total. The number of hydrazone groups is 1. The lowest BCUT2D eigenvalue weighted by molar-refractivity contribution is -0.145. The molecule has 0 saturated carbocycles. The van der Waals surface area contributed by atoms with Crippen LogP contribution in [0.15, 0.2) is 59.7 Å². The van der Waals surface area contributed by atoms with Crippen molar-refractivity contribution in [3.63, 3.8) is 0 Å². The van der Waals surface area contributed by atoms with Crippen LogP contribution in [-0.2, 0) is 25.5 Å². The second-order valence-corrected chi connectivity index (χ2v) is 10.4. The van der Waals surface area contributed by atoms with E-state index < -0.39 is 40.8 Å². The zero-order valence-electron chi connectivity index (χ0n) is 22.6. The molecule has 4 amide bonds. The zero-order chi connectivity index (χ0) is 29.1. The van der Waals surface area contributed by atoms with Crippen LogP contribution in [0, 0.1) is 11.2 Å². The predicted molar refractivity (Wildman–Crippen MR) is 143 cm³/mol. The van der Waals surface area contributed by atoms with Crippen LogP contribution in [0.3, 0.4) is 0 Å². The van der Waals surface area contributed by atoms with E-state index in [1.165, 1.54) is 48.0 Å². The molecule has 0 aromatic heterocycles. The molecule has 40 heavy (non-hydrogen) atoms. The van der Waals surface area contributed by atoms with Gasteiger partial charge in [-0.15, -0.1) is 0 Å². The molecule has 2 aromatic rings. The van der Waals surface area contributed by atoms with Crippen molar-refractivity contribution in [2.24, 2.45) is 16.3 Å². The minimum absolute atomic E-state index is 0.0484. The van der Waals surface area contributed by atoms with Gasteiger partial charge in [-0.3, -0.25) is 14.4 Å². The summed E-state index contributed by atoms with van der Waals surface area (Å²) in [6.07, 6.45) is -0.438. The van der Waals surface area contributed by atoms with E-state index in [4.69, 9.17) is 15.2 Å². The van der Waals surface area contributed by atoms with E-state index in [1.54, 1.807) is 7.05 Å². The number of carbonyl (C=O) groups excluding carboxylic acids is 4. The lowest BCUT2D eigenvalue weighted by atomic mass is 9.73. The molecule has 4 rings (SSSR count). The van der Waals surface area contributed by atoms with Gasteiger partial charge in [0.05, 0.1) is 5.71 Å². The third kappa shape index (κ3) is 6.05. The summed E-state index contributed by atoms with van der Waals surface area (Å²) in [5, 5.41) is 8.37. The quantitative estimate of drug-likeness (QED) is 0.485. The lowest BCUT2D eigenvalue weighted by Crippen LogP contribution is -2.61. The van der Waals surface area contributed by atoms with Crippen molar-refractivity contribution in [1.82, 2.24) is 15.2 Å². The normalized spacial score (nSPS) is 19.4. The summed E-state index contributed by atoms with van der Waals surface area (Å²) in [5.41, 5.74) is 3.99. The van der Waals surface area contributed by atoms with E-state index in [1.807, 2.05) is 30.3 Å². The molecule has 3 N–H and O–H groups in total. The van der Waals surface area contributed by atoms with Crippen LogP contribution in [0.4, 0.5) is 9.18 Å². The third-order valence-electron chi connectivity index (χ3n) is 7.00. The van der Waals surface area contributed by atoms with Crippen molar-refractivity contribution >= 4 is 29.5 Å². The molecule has 0 radical (unpaired) electrons. The Bertz CT molecular complexity index is 1320. The van der Waals surface area contributed by atoms with Gasteiger partial charge in [0.1, 0.15) is 29.6 Å². The number of carbonyl (C=O) groups is 4. The van der Waals surface area contributed by atoms with Crippen molar-refractivity contribution in [1.29, 1.82) is 0 Å². The van der Waals surface area contributed by atoms with Crippen molar-refractivity contribution in [3.05, 3.63) is 66.0 Å². The highest BCUT2D eigenvalue weighted by Crippen LogP contribution is 2.38. The van der Waals surface area contributed by atoms with Gasteiger partial charge in [0.25, 0.3) is 11.8 Å². The van der Waals surface area contributed by atoms with Gasteiger partial charge in [0, 0.05) is 26.6 Å². The summed E-state index contributed by atoms with van der Waals surface area (Å²) in [6, 6.07) is 13.4. The van der Waals surface area contributed by atoms with Crippen LogP contribution in [0.25, 0.3) is 0 Å². The fraction of sp³-hybridized carbons (Fsp3) is 0.393. The predicted octanol–water partition coefficient (Wildman–Crippen LogP) is 1.85. The average Bonchev–Trinajstić information content (AvgIpc) is 3.15. The SMILES string of the molecule is CN1N=C2CCN(C(=O)[C@@H](COc3ccc(F)cc3)NC(=O)C(C)(C)OC(N)=O)C[C@@]2(Cc2ccccc2)C1=O. The number of hydrogen-bond donors (Lipinski definition) is 2. The smallest absolute Gasteiger partial charge is 0.405 e. The van der Waals surface area contributed by atoms with Gasteiger partial charge in [-0.25, -0.2) is 14.2 Å². The summed E-state index contributed by atoms with van der Waals surface area (Å²) in [5.74, 6) is -1.67. The Morgan fingerprint density at radius 2 is 1.82 bits per heavy atom. The molecule has 1 saturated heterocycles. The van der Waals surface area contributed by atoms with Crippen molar-refractivity contribution < 1.29 is 33.0 Å². The molecule has 1 fully saturated rings. The molecule has 12 heteroatoms. The number of rotatable bonds is 9. The van der Waals surface area contributed by atoms with E-state index in [0.29, 0.717) is 18.6 Å². The molecule has 2 aliphatic heterocycles. The van der Waals surface area contributed by atoms with Gasteiger partial charge < -0.3 is 25.4 Å². The first-order chi connectivity index (χ1) is 18.9. The van der Waals surface area contributed by atoms with Crippen molar-refractivity contribution in [2.75, 3.05) is 26.7 Å². The first-order valence-corrected chi connectivity index (χ1v) is 12.8. The molecular weight excluding hydrogens is 521 g/mol. The molecule has 2 aromatic carbocycles. The summed E-state index contributed by atoms with van der Waals surface area (Å²) < 4.78 is 24.0. The molecule has 0 spiro atoms. The Labute approximate surface area is 231 Å². The van der Waals surface area contributed by atoms with E-state index in [0.717, 1.165) is 5.56 Å². The van der Waals surface area contributed by atoms with Crippen molar-refractivity contribution in [3.8, 4) is 5.75 Å². The summed E-state index contributed by atoms with van der Waals surface area (Å²) in [4.78, 5) is 53.2. The highest BCUT2D eigenvalue weighted by atomic mass is 19.1. The highest BCUT2D eigenvalue weighted by Gasteiger charge is 2.54. The highest BCUT2D eigenvalue weighted by molar-refractivity contribution is 6.13. The third-order valence-corrected chi connectivity index (χ3v) is 7.00. The van der Waals surface area contributed by atoms with Gasteiger partial charge in [-0.1, -0.05) is 30.3 Å². The maximum absolute atomic E-state index is 13.9. The standard InChI is InChI=1S/C28H32FN5O6/c1-27(2,40-26(30)38)24(36)31-21(16-39-20-11-9-19(29)10-12-20)23(35)34-14-13-22-28(17-34,25(37)33(3)32-22)15-18-7-5-4-6-8-18/h4-12,21H,13-17H2,1-3H3,(H2,30,38)(H,31,36)/t21-,28-/m1/s1. The van der Waals surface area contributed by atoms with Crippen LogP contribution in [0.2, 0.25) is 0 Å². The molecule has 0 aliphatic carbocycles. The summed E-state index contributed by atoms with van der Waals surface area (Å²) in [6.45, 7) is 2.67. The van der Waals surface area contributed by atoms with Crippen molar-refractivity contribution in [2.45, 2.75) is 38.3 Å². The topological polar surface area (TPSA) is 144 Å². The number of nitrogens with zero attached hydrogens (tertiary/aromatic N) is 3. The minimum atomic E-state index is -1.68. The Morgan fingerprint density at radius 3 is 2.48 bits per heavy atom. The average molecular weight is 554 g/mol. The molecule has 212 valence electrons. The number of benzene rings is 2. The first kappa shape index (κ1) is 28.5. The van der Waals surface area contributed by atoms with Crippen LogP contribution in [0.1, 0.15) is 25.8 Å². The van der Waals surface area contributed by atoms with Gasteiger partial charge in [-0.2, -0.15) is 5.10 Å². The van der Waals surface area contributed by atoms with Crippen LogP contribution in [-0.4, -0.2) is 77.8 Å². The Kier molecular flexibility index (Phi) is 8.08. The Morgan fingerprint density at radius 1 is 1.15 bits per heavy atom. The maximum atomic E-state index is 13.9. The number of halogens is 1. The van der Waals surface area contributed by atoms with Gasteiger partial charge in [0.2, 0.25) is 5.91 Å². The van der Waals surface area contributed by atoms with Crippen LogP contribution < -0.4 is 15.8 Å². The van der Waals surface area contributed by atoms with E-state index in [2.05, 4.69) is 10.4 Å². The Hall–Kier alpha value is -4.48. The maximum Gasteiger partial charge on any atom is 0.405 e. The number of fused-ring (bicyclic) bond motifs is 1. The number of primary amides is 1. The minimum Gasteiger partial charge on any atom is -0.491 e. The number of piperidine rings is 1. The Balaban J connectivity index is 1.59. The van der Waals surface area contributed by atoms with E-state index in [-0.39, 0.29) is 31.4 Å². The van der Waals surface area contributed by atoms with E-state index in [9.17, 15) is 23.6 Å². The van der Waals surface area contributed by atoms with E-state index >= 15 is 0 Å². The molecule has 0 bridgehead atoms. The first-order valence-electron chi connectivity index (χ1n) is 12.8. The van der Waals surface area contributed by atoms with Crippen LogP contribution >= 0.6 is 0 Å². The number of hydrogen-bond acceptors (Lipinski definition) is 7. The van der Waals surface area contributed by atoms with Gasteiger partial charge in [0.15, 0.2) is 5.60 Å². The fourth-order valence-corrected chi connectivity index (χ4v) is 4.95. The number of ether oxygens (including phenoxy) is 2. The molecule has 2 aliphatic rings. The largest absolute Gasteiger partial charge is 0.491 e. The summed E-state index contributed by atoms with van der Waals surface area (Å²) in [7, 11) is 1.59. The van der Waals surface area contributed by atoms with Crippen LogP contribution in [0.5, 0.6) is 5.75 Å². The monoisotopic (exact) mass is 553 g/mol. The van der Waals surface area contributed by atoms with Gasteiger partial charge >= 0.3 is 6.09 Å². The van der Waals surface area contributed by atoms with Gasteiger partial charge in [-0.05, 0) is 50.1 Å². The number of nitrogens with one attached hydrogen (secondary N) is 1. The second kappa shape index (κ2) is 11.3.